The molecule has 1 rings (SSSR count). The molecule has 0 aliphatic heterocycles. The van der Waals surface area contributed by atoms with Gasteiger partial charge in [0, 0.05) is 0 Å². The predicted molar refractivity (Wildman–Crippen MR) is 91.8 cm³/mol. The van der Waals surface area contributed by atoms with Crippen molar-refractivity contribution < 1.29 is 0 Å². The van der Waals surface area contributed by atoms with E-state index in [-0.39, 0.29) is 0 Å². The molecule has 114 valence electrons. The molecule has 0 saturated heterocycles. The largest absolute Gasteiger partial charge is 0.0856 e. The van der Waals surface area contributed by atoms with Crippen LogP contribution in [-0.2, 0) is 0 Å². The first-order valence-corrected chi connectivity index (χ1v) is 8.37. The lowest BCUT2D eigenvalue weighted by Crippen LogP contribution is -2.20. The third-order valence-corrected chi connectivity index (χ3v) is 4.74. The van der Waals surface area contributed by atoms with Crippen molar-refractivity contribution in [3.05, 3.63) is 34.9 Å². The van der Waals surface area contributed by atoms with E-state index in [2.05, 4.69) is 59.8 Å². The van der Waals surface area contributed by atoms with Gasteiger partial charge in [0.1, 0.15) is 0 Å². The summed E-state index contributed by atoms with van der Waals surface area (Å²) >= 11 is 0. The lowest BCUT2D eigenvalue weighted by molar-refractivity contribution is 0.274. The molecular formula is C20H34. The molecule has 0 heteroatoms. The van der Waals surface area contributed by atoms with E-state index in [1.165, 1.54) is 43.3 Å². The van der Waals surface area contributed by atoms with Gasteiger partial charge in [0.25, 0.3) is 0 Å². The normalized spacial score (nSPS) is 27.7. The second-order valence-electron chi connectivity index (χ2n) is 7.20. The SMILES string of the molecule is CC(C)=CC=C(C)C1CCCCC(C)C1CC=C(C)C. The summed E-state index contributed by atoms with van der Waals surface area (Å²) in [5.41, 5.74) is 4.45. The van der Waals surface area contributed by atoms with Gasteiger partial charge >= 0.3 is 0 Å². The van der Waals surface area contributed by atoms with Gasteiger partial charge in [-0.25, -0.2) is 0 Å². The number of allylic oxidation sites excluding steroid dienone is 6. The quantitative estimate of drug-likeness (QED) is 0.304. The second-order valence-corrected chi connectivity index (χ2v) is 7.20. The molecule has 1 aliphatic carbocycles. The summed E-state index contributed by atoms with van der Waals surface area (Å²) < 4.78 is 0. The summed E-state index contributed by atoms with van der Waals surface area (Å²) in [6.07, 6.45) is 14.0. The Morgan fingerprint density at radius 2 is 1.55 bits per heavy atom. The van der Waals surface area contributed by atoms with E-state index in [9.17, 15) is 0 Å². The minimum absolute atomic E-state index is 0.777. The number of hydrogen-bond acceptors (Lipinski definition) is 0. The van der Waals surface area contributed by atoms with Crippen LogP contribution in [0.25, 0.3) is 0 Å². The topological polar surface area (TPSA) is 0 Å². The Morgan fingerprint density at radius 3 is 2.15 bits per heavy atom. The first-order chi connectivity index (χ1) is 9.41. The van der Waals surface area contributed by atoms with Gasteiger partial charge in [-0.2, -0.15) is 0 Å². The van der Waals surface area contributed by atoms with E-state index >= 15 is 0 Å². The third-order valence-electron chi connectivity index (χ3n) is 4.74. The average molecular weight is 274 g/mol. The van der Waals surface area contributed by atoms with E-state index in [0.29, 0.717) is 0 Å². The van der Waals surface area contributed by atoms with Crippen molar-refractivity contribution in [2.24, 2.45) is 17.8 Å². The van der Waals surface area contributed by atoms with Crippen LogP contribution < -0.4 is 0 Å². The van der Waals surface area contributed by atoms with E-state index in [1.807, 2.05) is 0 Å². The smallest absolute Gasteiger partial charge is 0.0169 e. The standard InChI is InChI=1S/C20H34/c1-15(2)11-13-18(6)19-10-8-7-9-17(5)20(19)14-12-16(3)4/h11-13,17,19-20H,7-10,14H2,1-6H3. The predicted octanol–water partition coefficient (Wildman–Crippen LogP) is 6.70. The average Bonchev–Trinajstić information content (AvgIpc) is 2.55. The van der Waals surface area contributed by atoms with Gasteiger partial charge in [0.05, 0.1) is 0 Å². The maximum atomic E-state index is 2.47. The maximum absolute atomic E-state index is 2.47. The first-order valence-electron chi connectivity index (χ1n) is 8.37. The van der Waals surface area contributed by atoms with Crippen molar-refractivity contribution in [1.82, 2.24) is 0 Å². The summed E-state index contributed by atoms with van der Waals surface area (Å²) in [6, 6.07) is 0. The Morgan fingerprint density at radius 1 is 0.900 bits per heavy atom. The number of hydrogen-bond donors (Lipinski definition) is 0. The van der Waals surface area contributed by atoms with Crippen LogP contribution >= 0.6 is 0 Å². The molecule has 0 aromatic heterocycles. The molecule has 1 aliphatic rings. The van der Waals surface area contributed by atoms with E-state index in [4.69, 9.17) is 0 Å². The van der Waals surface area contributed by atoms with Crippen molar-refractivity contribution in [2.45, 2.75) is 73.6 Å². The third kappa shape index (κ3) is 5.69. The van der Waals surface area contributed by atoms with Crippen molar-refractivity contribution in [1.29, 1.82) is 0 Å². The molecule has 0 aromatic carbocycles. The molecule has 0 bridgehead atoms. The fraction of sp³-hybridized carbons (Fsp3) is 0.700. The zero-order valence-corrected chi connectivity index (χ0v) is 14.5. The van der Waals surface area contributed by atoms with Crippen LogP contribution in [-0.4, -0.2) is 0 Å². The molecule has 3 unspecified atom stereocenters. The van der Waals surface area contributed by atoms with Crippen LogP contribution in [0, 0.1) is 17.8 Å². The molecule has 0 N–H and O–H groups in total. The molecule has 1 saturated carbocycles. The summed E-state index contributed by atoms with van der Waals surface area (Å²) in [7, 11) is 0. The highest BCUT2D eigenvalue weighted by molar-refractivity contribution is 5.18. The van der Waals surface area contributed by atoms with Gasteiger partial charge < -0.3 is 0 Å². The van der Waals surface area contributed by atoms with Gasteiger partial charge in [-0.1, -0.05) is 61.1 Å². The van der Waals surface area contributed by atoms with Crippen molar-refractivity contribution >= 4 is 0 Å². The molecule has 0 aromatic rings. The highest BCUT2D eigenvalue weighted by atomic mass is 14.3. The molecule has 0 spiro atoms. The Labute approximate surface area is 127 Å². The van der Waals surface area contributed by atoms with Gasteiger partial charge in [-0.15, -0.1) is 0 Å². The Hall–Kier alpha value is -0.780. The lowest BCUT2D eigenvalue weighted by Gasteiger charge is -2.30. The molecule has 1 fully saturated rings. The van der Waals surface area contributed by atoms with Crippen molar-refractivity contribution in [3.8, 4) is 0 Å². The molecule has 20 heavy (non-hydrogen) atoms. The minimum atomic E-state index is 0.777. The fourth-order valence-corrected chi connectivity index (χ4v) is 3.41. The summed E-state index contributed by atoms with van der Waals surface area (Å²) in [4.78, 5) is 0. The highest BCUT2D eigenvalue weighted by Crippen LogP contribution is 2.39. The molecule has 0 heterocycles. The monoisotopic (exact) mass is 274 g/mol. The maximum Gasteiger partial charge on any atom is -0.0169 e. The van der Waals surface area contributed by atoms with Crippen molar-refractivity contribution in [3.63, 3.8) is 0 Å². The Balaban J connectivity index is 2.93. The van der Waals surface area contributed by atoms with E-state index < -0.39 is 0 Å². The van der Waals surface area contributed by atoms with Crippen molar-refractivity contribution in [2.75, 3.05) is 0 Å². The Bertz CT molecular complexity index is 373. The zero-order valence-electron chi connectivity index (χ0n) is 14.5. The van der Waals surface area contributed by atoms with Gasteiger partial charge in [0.15, 0.2) is 0 Å². The molecular weight excluding hydrogens is 240 g/mol. The van der Waals surface area contributed by atoms with Crippen LogP contribution in [0.1, 0.15) is 73.6 Å². The second kappa shape index (κ2) is 8.49. The van der Waals surface area contributed by atoms with Crippen LogP contribution in [0.2, 0.25) is 0 Å². The van der Waals surface area contributed by atoms with Gasteiger partial charge in [0.2, 0.25) is 0 Å². The molecule has 0 amide bonds. The van der Waals surface area contributed by atoms with Gasteiger partial charge in [-0.05, 0) is 65.2 Å². The summed E-state index contributed by atoms with van der Waals surface area (Å²) in [5.74, 6) is 2.46. The summed E-state index contributed by atoms with van der Waals surface area (Å²) in [6.45, 7) is 13.6. The first kappa shape index (κ1) is 17.3. The van der Waals surface area contributed by atoms with Crippen LogP contribution in [0.4, 0.5) is 0 Å². The number of rotatable bonds is 4. The van der Waals surface area contributed by atoms with Gasteiger partial charge in [-0.3, -0.25) is 0 Å². The zero-order chi connectivity index (χ0) is 15.1. The Kier molecular flexibility index (Phi) is 7.34. The highest BCUT2D eigenvalue weighted by Gasteiger charge is 2.28. The lowest BCUT2D eigenvalue weighted by atomic mass is 9.75. The molecule has 0 radical (unpaired) electrons. The molecule has 3 atom stereocenters. The van der Waals surface area contributed by atoms with Crippen LogP contribution in [0.15, 0.2) is 34.9 Å². The minimum Gasteiger partial charge on any atom is -0.0856 e. The van der Waals surface area contributed by atoms with E-state index in [1.54, 1.807) is 5.57 Å². The van der Waals surface area contributed by atoms with E-state index in [0.717, 1.165) is 17.8 Å². The fourth-order valence-electron chi connectivity index (χ4n) is 3.41. The summed E-state index contributed by atoms with van der Waals surface area (Å²) in [5, 5.41) is 0. The van der Waals surface area contributed by atoms with Crippen LogP contribution in [0.5, 0.6) is 0 Å². The molecule has 0 nitrogen and oxygen atoms in total. The van der Waals surface area contributed by atoms with Crippen LogP contribution in [0.3, 0.4) is 0 Å².